The van der Waals surface area contributed by atoms with E-state index in [1.807, 2.05) is 24.3 Å². The quantitative estimate of drug-likeness (QED) is 0.876. The van der Waals surface area contributed by atoms with Gasteiger partial charge in [-0.1, -0.05) is 31.2 Å². The van der Waals surface area contributed by atoms with E-state index < -0.39 is 0 Å². The van der Waals surface area contributed by atoms with Gasteiger partial charge in [-0.25, -0.2) is 0 Å². The van der Waals surface area contributed by atoms with Crippen molar-refractivity contribution in [1.29, 1.82) is 0 Å². The lowest BCUT2D eigenvalue weighted by Crippen LogP contribution is -2.21. The van der Waals surface area contributed by atoms with Crippen molar-refractivity contribution in [3.63, 3.8) is 0 Å². The number of pyridine rings is 1. The van der Waals surface area contributed by atoms with Gasteiger partial charge in [-0.2, -0.15) is 0 Å². The zero-order chi connectivity index (χ0) is 14.4. The minimum absolute atomic E-state index is 0.182. The Kier molecular flexibility index (Phi) is 5.13. The van der Waals surface area contributed by atoms with E-state index in [2.05, 4.69) is 31.0 Å². The second-order valence-corrected chi connectivity index (χ2v) is 5.07. The summed E-state index contributed by atoms with van der Waals surface area (Å²) in [6, 6.07) is 12.4. The van der Waals surface area contributed by atoms with Gasteiger partial charge in [-0.05, 0) is 36.6 Å². The molecule has 0 aliphatic rings. The molecule has 0 bridgehead atoms. The van der Waals surface area contributed by atoms with E-state index in [-0.39, 0.29) is 6.04 Å². The van der Waals surface area contributed by atoms with Crippen LogP contribution in [0.25, 0.3) is 0 Å². The van der Waals surface area contributed by atoms with Gasteiger partial charge in [0.25, 0.3) is 0 Å². The number of nitrogens with zero attached hydrogens (tertiary/aromatic N) is 1. The molecule has 0 aliphatic carbocycles. The van der Waals surface area contributed by atoms with Crippen LogP contribution in [0.5, 0.6) is 5.75 Å². The number of hydrogen-bond donors (Lipinski definition) is 1. The molecule has 2 rings (SSSR count). The summed E-state index contributed by atoms with van der Waals surface area (Å²) < 4.78 is 5.77. The third-order valence-electron chi connectivity index (χ3n) is 3.45. The van der Waals surface area contributed by atoms with Crippen molar-refractivity contribution in [3.8, 4) is 5.75 Å². The highest BCUT2D eigenvalue weighted by Crippen LogP contribution is 2.14. The van der Waals surface area contributed by atoms with Gasteiger partial charge in [0.1, 0.15) is 12.4 Å². The first-order valence-corrected chi connectivity index (χ1v) is 7.07. The first-order valence-electron chi connectivity index (χ1n) is 7.07. The van der Waals surface area contributed by atoms with Crippen LogP contribution in [0, 0.1) is 6.92 Å². The lowest BCUT2D eigenvalue weighted by Gasteiger charge is -2.10. The van der Waals surface area contributed by atoms with Crippen molar-refractivity contribution in [1.82, 2.24) is 4.98 Å². The Morgan fingerprint density at radius 3 is 2.65 bits per heavy atom. The maximum atomic E-state index is 5.92. The minimum atomic E-state index is 0.182. The van der Waals surface area contributed by atoms with Gasteiger partial charge in [-0.15, -0.1) is 0 Å². The van der Waals surface area contributed by atoms with Crippen molar-refractivity contribution in [2.75, 3.05) is 0 Å². The smallest absolute Gasteiger partial charge is 0.138 e. The molecule has 0 saturated carbocycles. The highest BCUT2D eigenvalue weighted by atomic mass is 16.5. The van der Waals surface area contributed by atoms with Crippen LogP contribution in [0.15, 0.2) is 42.6 Å². The van der Waals surface area contributed by atoms with Crippen LogP contribution in [0.4, 0.5) is 0 Å². The fourth-order valence-electron chi connectivity index (χ4n) is 1.96. The molecule has 0 saturated heterocycles. The molecule has 1 atom stereocenters. The van der Waals surface area contributed by atoms with Crippen molar-refractivity contribution in [2.45, 2.75) is 39.3 Å². The molecule has 3 heteroatoms. The standard InChI is InChI=1S/C17H22N2O/c1-3-15(18)10-16-8-9-17(11-19-16)20-12-14-7-5-4-6-13(14)2/h4-9,11,15H,3,10,12,18H2,1-2H3. The molecule has 2 N–H and O–H groups in total. The molecule has 1 aromatic carbocycles. The topological polar surface area (TPSA) is 48.1 Å². The molecule has 1 heterocycles. The van der Waals surface area contributed by atoms with Gasteiger partial charge in [-0.3, -0.25) is 4.98 Å². The number of aromatic nitrogens is 1. The van der Waals surface area contributed by atoms with Crippen LogP contribution in [-0.4, -0.2) is 11.0 Å². The third kappa shape index (κ3) is 4.07. The minimum Gasteiger partial charge on any atom is -0.487 e. The van der Waals surface area contributed by atoms with Crippen molar-refractivity contribution in [2.24, 2.45) is 5.73 Å². The van der Waals surface area contributed by atoms with E-state index in [9.17, 15) is 0 Å². The van der Waals surface area contributed by atoms with Crippen molar-refractivity contribution in [3.05, 3.63) is 59.4 Å². The molecule has 20 heavy (non-hydrogen) atoms. The Labute approximate surface area is 120 Å². The monoisotopic (exact) mass is 270 g/mol. The molecule has 1 unspecified atom stereocenters. The lowest BCUT2D eigenvalue weighted by atomic mass is 10.1. The Hall–Kier alpha value is -1.87. The fraction of sp³-hybridized carbons (Fsp3) is 0.353. The van der Waals surface area contributed by atoms with Crippen LogP contribution in [-0.2, 0) is 13.0 Å². The average Bonchev–Trinajstić information content (AvgIpc) is 2.48. The van der Waals surface area contributed by atoms with Crippen molar-refractivity contribution < 1.29 is 4.74 Å². The summed E-state index contributed by atoms with van der Waals surface area (Å²) in [5, 5.41) is 0. The molecule has 0 aliphatic heterocycles. The Morgan fingerprint density at radius 1 is 1.20 bits per heavy atom. The molecule has 0 amide bonds. The number of rotatable bonds is 6. The normalized spacial score (nSPS) is 12.2. The first-order chi connectivity index (χ1) is 9.69. The Morgan fingerprint density at radius 2 is 2.00 bits per heavy atom. The summed E-state index contributed by atoms with van der Waals surface area (Å²) in [7, 11) is 0. The average molecular weight is 270 g/mol. The Bertz CT molecular complexity index is 537. The van der Waals surface area contributed by atoms with Gasteiger partial charge in [0.05, 0.1) is 6.20 Å². The number of nitrogens with two attached hydrogens (primary N) is 1. The molecule has 106 valence electrons. The SMILES string of the molecule is CCC(N)Cc1ccc(OCc2ccccc2C)cn1. The van der Waals surface area contributed by atoms with Crippen LogP contribution < -0.4 is 10.5 Å². The van der Waals surface area contributed by atoms with E-state index in [4.69, 9.17) is 10.5 Å². The maximum absolute atomic E-state index is 5.92. The third-order valence-corrected chi connectivity index (χ3v) is 3.45. The van der Waals surface area contributed by atoms with Crippen LogP contribution >= 0.6 is 0 Å². The maximum Gasteiger partial charge on any atom is 0.138 e. The predicted molar refractivity (Wildman–Crippen MR) is 81.7 cm³/mol. The summed E-state index contributed by atoms with van der Waals surface area (Å²) in [5.74, 6) is 0.794. The van der Waals surface area contributed by atoms with Gasteiger partial charge >= 0.3 is 0 Å². The van der Waals surface area contributed by atoms with Crippen LogP contribution in [0.2, 0.25) is 0 Å². The second kappa shape index (κ2) is 7.06. The zero-order valence-corrected chi connectivity index (χ0v) is 12.2. The number of benzene rings is 1. The lowest BCUT2D eigenvalue weighted by molar-refractivity contribution is 0.304. The summed E-state index contributed by atoms with van der Waals surface area (Å²) in [5.41, 5.74) is 9.38. The van der Waals surface area contributed by atoms with E-state index in [0.29, 0.717) is 6.61 Å². The molecule has 0 spiro atoms. The largest absolute Gasteiger partial charge is 0.487 e. The molecule has 1 aromatic heterocycles. The number of ether oxygens (including phenoxy) is 1. The van der Waals surface area contributed by atoms with Crippen LogP contribution in [0.1, 0.15) is 30.2 Å². The van der Waals surface area contributed by atoms with Gasteiger partial charge in [0.2, 0.25) is 0 Å². The molecule has 0 fully saturated rings. The molecule has 0 radical (unpaired) electrons. The summed E-state index contributed by atoms with van der Waals surface area (Å²) >= 11 is 0. The number of hydrogen-bond acceptors (Lipinski definition) is 3. The first kappa shape index (κ1) is 14.5. The predicted octanol–water partition coefficient (Wildman–Crippen LogP) is 3.25. The molecular weight excluding hydrogens is 248 g/mol. The van der Waals surface area contributed by atoms with Crippen LogP contribution in [0.3, 0.4) is 0 Å². The number of aryl methyl sites for hydroxylation is 1. The van der Waals surface area contributed by atoms with E-state index in [1.54, 1.807) is 6.20 Å². The fourth-order valence-corrected chi connectivity index (χ4v) is 1.96. The summed E-state index contributed by atoms with van der Waals surface area (Å²) in [6.07, 6.45) is 3.55. The highest BCUT2D eigenvalue weighted by molar-refractivity contribution is 5.26. The highest BCUT2D eigenvalue weighted by Gasteiger charge is 2.04. The van der Waals surface area contributed by atoms with Gasteiger partial charge < -0.3 is 10.5 Å². The summed E-state index contributed by atoms with van der Waals surface area (Å²) in [6.45, 7) is 4.75. The van der Waals surface area contributed by atoms with Gasteiger partial charge in [0.15, 0.2) is 0 Å². The zero-order valence-electron chi connectivity index (χ0n) is 12.2. The second-order valence-electron chi connectivity index (χ2n) is 5.07. The van der Waals surface area contributed by atoms with E-state index >= 15 is 0 Å². The van der Waals surface area contributed by atoms with E-state index in [1.165, 1.54) is 11.1 Å². The molecular formula is C17H22N2O. The molecule has 2 aromatic rings. The van der Waals surface area contributed by atoms with Gasteiger partial charge in [0, 0.05) is 18.2 Å². The van der Waals surface area contributed by atoms with E-state index in [0.717, 1.165) is 24.3 Å². The molecule has 3 nitrogen and oxygen atoms in total. The van der Waals surface area contributed by atoms with Crippen molar-refractivity contribution >= 4 is 0 Å². The Balaban J connectivity index is 1.92. The summed E-state index contributed by atoms with van der Waals surface area (Å²) in [4.78, 5) is 4.40.